The fourth-order valence-electron chi connectivity index (χ4n) is 4.27. The highest BCUT2D eigenvalue weighted by Crippen LogP contribution is 2.36. The molecule has 0 saturated carbocycles. The van der Waals surface area contributed by atoms with Crippen molar-refractivity contribution < 1.29 is 27.5 Å². The van der Waals surface area contributed by atoms with Gasteiger partial charge in [0.05, 0.1) is 24.8 Å². The molecule has 3 aromatic rings. The molecule has 3 rings (SSSR count). The first-order valence-corrected chi connectivity index (χ1v) is 15.1. The van der Waals surface area contributed by atoms with Gasteiger partial charge in [0, 0.05) is 29.2 Å². The van der Waals surface area contributed by atoms with Gasteiger partial charge in [-0.1, -0.05) is 54.4 Å². The Morgan fingerprint density at radius 3 is 2.24 bits per heavy atom. The normalized spacial score (nSPS) is 11.9. The van der Waals surface area contributed by atoms with Crippen LogP contribution in [0, 0.1) is 0 Å². The number of methoxy groups -OCH3 is 2. The van der Waals surface area contributed by atoms with E-state index in [0.717, 1.165) is 4.31 Å². The topological polar surface area (TPSA) is 105 Å². The largest absolute Gasteiger partial charge is 0.497 e. The maximum Gasteiger partial charge on any atom is 0.264 e. The standard InChI is InChI=1S/C29H33Cl2N3O6S/c1-5-25(29(36)32-6-2)33(18-20-12-13-21(30)16-24(20)31)28(35)19-34(41(37,38)23-10-8-7-9-11-23)26-17-22(39-3)14-15-27(26)40-4/h7-17,25H,5-6,18-19H2,1-4H3,(H,32,36)/t25-/m0/s1. The first-order chi connectivity index (χ1) is 19.6. The fourth-order valence-corrected chi connectivity index (χ4v) is 6.18. The summed E-state index contributed by atoms with van der Waals surface area (Å²) in [4.78, 5) is 28.5. The van der Waals surface area contributed by atoms with E-state index < -0.39 is 28.5 Å². The summed E-state index contributed by atoms with van der Waals surface area (Å²) in [5.41, 5.74) is 0.642. The molecule has 220 valence electrons. The van der Waals surface area contributed by atoms with Crippen LogP contribution >= 0.6 is 23.2 Å². The van der Waals surface area contributed by atoms with Gasteiger partial charge in [0.15, 0.2) is 0 Å². The number of likely N-dealkylation sites (N-methyl/N-ethyl adjacent to an activating group) is 1. The van der Waals surface area contributed by atoms with Gasteiger partial charge in [0.2, 0.25) is 11.8 Å². The van der Waals surface area contributed by atoms with Gasteiger partial charge >= 0.3 is 0 Å². The van der Waals surface area contributed by atoms with Gasteiger partial charge < -0.3 is 19.7 Å². The second kappa shape index (κ2) is 14.4. The Hall–Kier alpha value is -3.47. The zero-order valence-electron chi connectivity index (χ0n) is 23.3. The third-order valence-corrected chi connectivity index (χ3v) is 8.72. The molecule has 1 atom stereocenters. The Morgan fingerprint density at radius 2 is 1.66 bits per heavy atom. The Bertz CT molecular complexity index is 1470. The summed E-state index contributed by atoms with van der Waals surface area (Å²) < 4.78 is 39.8. The molecule has 0 fully saturated rings. The molecule has 41 heavy (non-hydrogen) atoms. The zero-order valence-corrected chi connectivity index (χ0v) is 25.6. The lowest BCUT2D eigenvalue weighted by atomic mass is 10.1. The molecule has 0 saturated heterocycles. The number of nitrogens with zero attached hydrogens (tertiary/aromatic N) is 2. The SMILES string of the molecule is CCNC(=O)[C@H](CC)N(Cc1ccc(Cl)cc1Cl)C(=O)CN(c1cc(OC)ccc1OC)S(=O)(=O)c1ccccc1. The lowest BCUT2D eigenvalue weighted by Gasteiger charge is -2.33. The highest BCUT2D eigenvalue weighted by atomic mass is 35.5. The molecule has 0 aliphatic rings. The number of carbonyl (C=O) groups excluding carboxylic acids is 2. The van der Waals surface area contributed by atoms with Crippen LogP contribution in [-0.2, 0) is 26.2 Å². The number of halogens is 2. The van der Waals surface area contributed by atoms with Gasteiger partial charge in [-0.25, -0.2) is 8.42 Å². The summed E-state index contributed by atoms with van der Waals surface area (Å²) in [5, 5.41) is 3.48. The maximum absolute atomic E-state index is 14.1. The van der Waals surface area contributed by atoms with E-state index >= 15 is 0 Å². The van der Waals surface area contributed by atoms with Crippen LogP contribution in [0.5, 0.6) is 11.5 Å². The fraction of sp³-hybridized carbons (Fsp3) is 0.310. The van der Waals surface area contributed by atoms with E-state index in [1.165, 1.54) is 37.3 Å². The molecule has 9 nitrogen and oxygen atoms in total. The van der Waals surface area contributed by atoms with E-state index in [-0.39, 0.29) is 35.2 Å². The van der Waals surface area contributed by atoms with Crippen LogP contribution in [-0.4, -0.2) is 58.5 Å². The number of nitrogens with one attached hydrogen (secondary N) is 1. The molecule has 3 aromatic carbocycles. The smallest absolute Gasteiger partial charge is 0.264 e. The summed E-state index contributed by atoms with van der Waals surface area (Å²) >= 11 is 12.5. The number of ether oxygens (including phenoxy) is 2. The van der Waals surface area contributed by atoms with Gasteiger partial charge in [-0.3, -0.25) is 13.9 Å². The molecular weight excluding hydrogens is 589 g/mol. The van der Waals surface area contributed by atoms with Crippen LogP contribution in [0.1, 0.15) is 25.8 Å². The molecule has 12 heteroatoms. The number of hydrogen-bond acceptors (Lipinski definition) is 6. The van der Waals surface area contributed by atoms with Crippen molar-refractivity contribution in [2.75, 3.05) is 31.6 Å². The maximum atomic E-state index is 14.1. The van der Waals surface area contributed by atoms with Gasteiger partial charge in [-0.2, -0.15) is 0 Å². The monoisotopic (exact) mass is 621 g/mol. The van der Waals surface area contributed by atoms with Crippen LogP contribution < -0.4 is 19.1 Å². The number of benzene rings is 3. The van der Waals surface area contributed by atoms with Crippen LogP contribution in [0.2, 0.25) is 10.0 Å². The molecule has 0 heterocycles. The lowest BCUT2D eigenvalue weighted by Crippen LogP contribution is -2.52. The number of amides is 2. The van der Waals surface area contributed by atoms with Crippen molar-refractivity contribution in [3.8, 4) is 11.5 Å². The van der Waals surface area contributed by atoms with Crippen LogP contribution in [0.15, 0.2) is 71.6 Å². The summed E-state index contributed by atoms with van der Waals surface area (Å²) in [6.07, 6.45) is 0.275. The van der Waals surface area contributed by atoms with Crippen molar-refractivity contribution in [1.29, 1.82) is 0 Å². The van der Waals surface area contributed by atoms with Gasteiger partial charge in [-0.05, 0) is 55.3 Å². The first kappa shape index (κ1) is 32.0. The Labute approximate surface area is 251 Å². The van der Waals surface area contributed by atoms with Crippen molar-refractivity contribution in [3.63, 3.8) is 0 Å². The molecule has 0 bridgehead atoms. The summed E-state index contributed by atoms with van der Waals surface area (Å²) in [7, 11) is -1.44. The minimum absolute atomic E-state index is 0.0271. The third kappa shape index (κ3) is 7.63. The molecule has 2 amide bonds. The zero-order chi connectivity index (χ0) is 30.2. The van der Waals surface area contributed by atoms with Gasteiger partial charge in [-0.15, -0.1) is 0 Å². The quantitative estimate of drug-likeness (QED) is 0.283. The molecule has 0 aromatic heterocycles. The summed E-state index contributed by atoms with van der Waals surface area (Å²) in [6, 6.07) is 16.3. The van der Waals surface area contributed by atoms with Gasteiger partial charge in [0.1, 0.15) is 24.1 Å². The van der Waals surface area contributed by atoms with Crippen molar-refractivity contribution in [2.45, 2.75) is 37.8 Å². The number of hydrogen-bond donors (Lipinski definition) is 1. The molecular formula is C29H33Cl2N3O6S. The molecule has 1 N–H and O–H groups in total. The number of anilines is 1. The van der Waals surface area contributed by atoms with Gasteiger partial charge in [0.25, 0.3) is 10.0 Å². The second-order valence-corrected chi connectivity index (χ2v) is 11.6. The lowest BCUT2D eigenvalue weighted by molar-refractivity contribution is -0.140. The van der Waals surface area contributed by atoms with E-state index in [1.54, 1.807) is 62.4 Å². The average molecular weight is 623 g/mol. The van der Waals surface area contributed by atoms with Crippen LogP contribution in [0.25, 0.3) is 0 Å². The average Bonchev–Trinajstić information content (AvgIpc) is 2.96. The van der Waals surface area contributed by atoms with Crippen LogP contribution in [0.3, 0.4) is 0 Å². The highest BCUT2D eigenvalue weighted by molar-refractivity contribution is 7.92. The molecule has 0 unspecified atom stereocenters. The highest BCUT2D eigenvalue weighted by Gasteiger charge is 2.35. The first-order valence-electron chi connectivity index (χ1n) is 12.9. The van der Waals surface area contributed by atoms with Crippen molar-refractivity contribution >= 4 is 50.7 Å². The van der Waals surface area contributed by atoms with E-state index in [0.29, 0.717) is 27.9 Å². The van der Waals surface area contributed by atoms with Crippen molar-refractivity contribution in [2.24, 2.45) is 0 Å². The Balaban J connectivity index is 2.16. The number of sulfonamides is 1. The minimum atomic E-state index is -4.28. The van der Waals surface area contributed by atoms with Crippen molar-refractivity contribution in [3.05, 3.63) is 82.3 Å². The van der Waals surface area contributed by atoms with E-state index in [4.69, 9.17) is 32.7 Å². The Morgan fingerprint density at radius 1 is 0.951 bits per heavy atom. The predicted molar refractivity (Wildman–Crippen MR) is 160 cm³/mol. The van der Waals surface area contributed by atoms with E-state index in [9.17, 15) is 18.0 Å². The minimum Gasteiger partial charge on any atom is -0.497 e. The third-order valence-electron chi connectivity index (χ3n) is 6.36. The van der Waals surface area contributed by atoms with Crippen molar-refractivity contribution in [1.82, 2.24) is 10.2 Å². The molecule has 0 spiro atoms. The summed E-state index contributed by atoms with van der Waals surface area (Å²) in [6.45, 7) is 3.21. The molecule has 0 radical (unpaired) electrons. The van der Waals surface area contributed by atoms with Crippen LogP contribution in [0.4, 0.5) is 5.69 Å². The Kier molecular flexibility index (Phi) is 11.3. The molecule has 0 aliphatic heterocycles. The second-order valence-electron chi connectivity index (χ2n) is 8.94. The van der Waals surface area contributed by atoms with E-state index in [2.05, 4.69) is 5.32 Å². The van der Waals surface area contributed by atoms with E-state index in [1.807, 2.05) is 0 Å². The molecule has 0 aliphatic carbocycles. The predicted octanol–water partition coefficient (Wildman–Crippen LogP) is 5.15. The number of rotatable bonds is 13. The summed E-state index contributed by atoms with van der Waals surface area (Å²) in [5.74, 6) is -0.426. The number of carbonyl (C=O) groups is 2.